The van der Waals surface area contributed by atoms with Crippen molar-refractivity contribution >= 4 is 10.9 Å². The van der Waals surface area contributed by atoms with Crippen molar-refractivity contribution in [3.63, 3.8) is 0 Å². The zero-order chi connectivity index (χ0) is 17.1. The predicted octanol–water partition coefficient (Wildman–Crippen LogP) is 4.63. The van der Waals surface area contributed by atoms with Crippen LogP contribution in [0.25, 0.3) is 22.2 Å². The lowest BCUT2D eigenvalue weighted by atomic mass is 10.1. The van der Waals surface area contributed by atoms with E-state index in [0.717, 1.165) is 17.8 Å². The zero-order valence-corrected chi connectivity index (χ0v) is 14.6. The van der Waals surface area contributed by atoms with Gasteiger partial charge in [0.15, 0.2) is 18.3 Å². The lowest BCUT2D eigenvalue weighted by Gasteiger charge is -2.14. The van der Waals surface area contributed by atoms with Gasteiger partial charge in [-0.25, -0.2) is 0 Å². The van der Waals surface area contributed by atoms with E-state index in [1.807, 2.05) is 12.1 Å². The molecule has 3 aromatic rings. The number of methoxy groups -OCH3 is 2. The largest absolute Gasteiger partial charge is 0.493 e. The summed E-state index contributed by atoms with van der Waals surface area (Å²) in [6.07, 6.45) is 0. The highest BCUT2D eigenvalue weighted by Crippen LogP contribution is 2.42. The highest BCUT2D eigenvalue weighted by atomic mass is 16.7. The van der Waals surface area contributed by atoms with E-state index in [9.17, 15) is 0 Å². The topological polar surface area (TPSA) is 32.6 Å². The minimum Gasteiger partial charge on any atom is -0.493 e. The maximum Gasteiger partial charge on any atom is 0.189 e. The Balaban J connectivity index is 2.34. The number of aryl methyl sites for hydroxylation is 2. The van der Waals surface area contributed by atoms with Gasteiger partial charge in [0.2, 0.25) is 0 Å². The Bertz CT molecular complexity index is 837. The summed E-state index contributed by atoms with van der Waals surface area (Å²) in [4.78, 5) is 0. The molecule has 0 aliphatic heterocycles. The van der Waals surface area contributed by atoms with Gasteiger partial charge in [-0.3, -0.25) is 0 Å². The predicted molar refractivity (Wildman–Crippen MR) is 96.8 cm³/mol. The number of nitrogens with zero attached hydrogens (tertiary/aromatic N) is 1. The molecule has 1 heterocycles. The van der Waals surface area contributed by atoms with E-state index in [2.05, 4.69) is 48.7 Å². The van der Waals surface area contributed by atoms with E-state index in [1.165, 1.54) is 22.2 Å². The first-order valence-electron chi connectivity index (χ1n) is 8.09. The van der Waals surface area contributed by atoms with Crippen LogP contribution < -0.4 is 9.47 Å². The number of benzene rings is 2. The molecule has 0 aliphatic rings. The number of hydrogen-bond donors (Lipinski definition) is 0. The van der Waals surface area contributed by atoms with Crippen molar-refractivity contribution in [2.24, 2.45) is 0 Å². The molecule has 1 aromatic heterocycles. The van der Waals surface area contributed by atoms with E-state index >= 15 is 0 Å². The Hall–Kier alpha value is -2.46. The fourth-order valence-corrected chi connectivity index (χ4v) is 3.27. The van der Waals surface area contributed by atoms with Gasteiger partial charge in [-0.05, 0) is 37.1 Å². The number of aromatic nitrogens is 1. The molecule has 0 saturated heterocycles. The SMILES string of the molecule is CCn1c(-c2ccccc2)c(C)c2ccc(OC)c(OCOC)c21. The molecule has 4 nitrogen and oxygen atoms in total. The van der Waals surface area contributed by atoms with Gasteiger partial charge in [0.1, 0.15) is 0 Å². The van der Waals surface area contributed by atoms with Crippen molar-refractivity contribution in [1.29, 1.82) is 0 Å². The van der Waals surface area contributed by atoms with Crippen LogP contribution in [0.4, 0.5) is 0 Å². The van der Waals surface area contributed by atoms with Gasteiger partial charge in [0.25, 0.3) is 0 Å². The Morgan fingerprint density at radius 3 is 2.38 bits per heavy atom. The minimum absolute atomic E-state index is 0.185. The average Bonchev–Trinajstić information content (AvgIpc) is 2.92. The molecule has 0 N–H and O–H groups in total. The number of ether oxygens (including phenoxy) is 3. The molecule has 24 heavy (non-hydrogen) atoms. The Morgan fingerprint density at radius 1 is 1.00 bits per heavy atom. The highest BCUT2D eigenvalue weighted by Gasteiger charge is 2.21. The second-order valence-corrected chi connectivity index (χ2v) is 5.63. The quantitative estimate of drug-likeness (QED) is 0.620. The maximum absolute atomic E-state index is 5.87. The van der Waals surface area contributed by atoms with Crippen LogP contribution in [-0.4, -0.2) is 25.6 Å². The Labute approximate surface area is 142 Å². The first kappa shape index (κ1) is 16.4. The smallest absolute Gasteiger partial charge is 0.189 e. The molecule has 2 aromatic carbocycles. The van der Waals surface area contributed by atoms with Gasteiger partial charge >= 0.3 is 0 Å². The second kappa shape index (κ2) is 6.97. The van der Waals surface area contributed by atoms with E-state index in [1.54, 1.807) is 14.2 Å². The summed E-state index contributed by atoms with van der Waals surface area (Å²) < 4.78 is 18.8. The summed E-state index contributed by atoms with van der Waals surface area (Å²) in [5.41, 5.74) is 4.70. The van der Waals surface area contributed by atoms with Crippen LogP contribution in [0.15, 0.2) is 42.5 Å². The molecule has 0 fully saturated rings. The fraction of sp³-hybridized carbons (Fsp3) is 0.300. The Kier molecular flexibility index (Phi) is 4.76. The number of fused-ring (bicyclic) bond motifs is 1. The summed E-state index contributed by atoms with van der Waals surface area (Å²) >= 11 is 0. The van der Waals surface area contributed by atoms with Crippen molar-refractivity contribution in [2.45, 2.75) is 20.4 Å². The molecule has 0 bridgehead atoms. The van der Waals surface area contributed by atoms with Crippen LogP contribution in [0.3, 0.4) is 0 Å². The van der Waals surface area contributed by atoms with Gasteiger partial charge in [0.05, 0.1) is 18.3 Å². The molecule has 4 heteroatoms. The summed E-state index contributed by atoms with van der Waals surface area (Å²) in [6, 6.07) is 14.5. The Morgan fingerprint density at radius 2 is 1.75 bits per heavy atom. The van der Waals surface area contributed by atoms with Crippen molar-refractivity contribution in [3.05, 3.63) is 48.0 Å². The molecule has 0 aliphatic carbocycles. The first-order valence-corrected chi connectivity index (χ1v) is 8.09. The molecule has 0 saturated carbocycles. The molecule has 0 atom stereocenters. The van der Waals surface area contributed by atoms with Gasteiger partial charge in [0, 0.05) is 19.0 Å². The molecule has 0 unspecified atom stereocenters. The summed E-state index contributed by atoms with van der Waals surface area (Å²) in [6.45, 7) is 5.32. The average molecular weight is 325 g/mol. The van der Waals surface area contributed by atoms with Crippen LogP contribution in [0, 0.1) is 6.92 Å². The summed E-state index contributed by atoms with van der Waals surface area (Å²) in [5, 5.41) is 1.17. The molecular formula is C20H23NO3. The lowest BCUT2D eigenvalue weighted by Crippen LogP contribution is -2.04. The fourth-order valence-electron chi connectivity index (χ4n) is 3.27. The first-order chi connectivity index (χ1) is 11.7. The van der Waals surface area contributed by atoms with E-state index in [-0.39, 0.29) is 6.79 Å². The third kappa shape index (κ3) is 2.63. The van der Waals surface area contributed by atoms with E-state index in [4.69, 9.17) is 14.2 Å². The van der Waals surface area contributed by atoms with Crippen molar-refractivity contribution in [2.75, 3.05) is 21.0 Å². The summed E-state index contributed by atoms with van der Waals surface area (Å²) in [5.74, 6) is 1.44. The van der Waals surface area contributed by atoms with Crippen LogP contribution in [0.5, 0.6) is 11.5 Å². The lowest BCUT2D eigenvalue weighted by molar-refractivity contribution is 0.0500. The van der Waals surface area contributed by atoms with Crippen LogP contribution >= 0.6 is 0 Å². The minimum atomic E-state index is 0.185. The van der Waals surface area contributed by atoms with Crippen molar-refractivity contribution in [1.82, 2.24) is 4.57 Å². The van der Waals surface area contributed by atoms with Gasteiger partial charge in [-0.2, -0.15) is 0 Å². The second-order valence-electron chi connectivity index (χ2n) is 5.63. The molecule has 126 valence electrons. The third-order valence-electron chi connectivity index (χ3n) is 4.30. The van der Waals surface area contributed by atoms with Gasteiger partial charge in [-0.1, -0.05) is 30.3 Å². The van der Waals surface area contributed by atoms with Gasteiger partial charge in [-0.15, -0.1) is 0 Å². The van der Waals surface area contributed by atoms with Crippen LogP contribution in [0.2, 0.25) is 0 Å². The van der Waals surface area contributed by atoms with E-state index < -0.39 is 0 Å². The monoisotopic (exact) mass is 325 g/mol. The highest BCUT2D eigenvalue weighted by molar-refractivity contribution is 5.96. The molecule has 0 amide bonds. The third-order valence-corrected chi connectivity index (χ3v) is 4.30. The van der Waals surface area contributed by atoms with Crippen molar-refractivity contribution in [3.8, 4) is 22.8 Å². The van der Waals surface area contributed by atoms with Gasteiger partial charge < -0.3 is 18.8 Å². The number of hydrogen-bond acceptors (Lipinski definition) is 3. The van der Waals surface area contributed by atoms with Crippen LogP contribution in [0.1, 0.15) is 12.5 Å². The molecule has 3 rings (SSSR count). The maximum atomic E-state index is 5.87. The normalized spacial score (nSPS) is 11.0. The zero-order valence-electron chi connectivity index (χ0n) is 14.6. The van der Waals surface area contributed by atoms with Crippen molar-refractivity contribution < 1.29 is 14.2 Å². The van der Waals surface area contributed by atoms with E-state index in [0.29, 0.717) is 5.75 Å². The van der Waals surface area contributed by atoms with Crippen LogP contribution in [-0.2, 0) is 11.3 Å². The standard InChI is InChI=1S/C20H23NO3/c1-5-21-18(15-9-7-6-8-10-15)14(2)16-11-12-17(23-4)20(19(16)21)24-13-22-3/h6-12H,5,13H2,1-4H3. The molecule has 0 radical (unpaired) electrons. The number of rotatable bonds is 6. The molecular weight excluding hydrogens is 302 g/mol. The summed E-state index contributed by atoms with van der Waals surface area (Å²) in [7, 11) is 3.27. The molecule has 0 spiro atoms.